The summed E-state index contributed by atoms with van der Waals surface area (Å²) in [6.07, 6.45) is 1.57. The summed E-state index contributed by atoms with van der Waals surface area (Å²) in [6.45, 7) is 0. The maximum absolute atomic E-state index is 13.7. The zero-order valence-electron chi connectivity index (χ0n) is 23.6. The molecule has 0 atom stereocenters. The number of para-hydroxylation sites is 1. The van der Waals surface area contributed by atoms with Crippen LogP contribution in [-0.2, 0) is 4.79 Å². The number of Topliss-reactive ketones (excluding diaryl/α,β-unsaturated/α-hetero) is 1. The van der Waals surface area contributed by atoms with E-state index in [0.717, 1.165) is 16.4 Å². The molecule has 220 valence electrons. The number of aromatic nitrogens is 2. The molecule has 1 aliphatic rings. The first-order valence-corrected chi connectivity index (χ1v) is 13.8. The second-order valence-corrected chi connectivity index (χ2v) is 9.82. The number of carbonyl (C=O) groups excluding carboxylic acids is 2. The van der Waals surface area contributed by atoms with Gasteiger partial charge in [0, 0.05) is 23.8 Å². The summed E-state index contributed by atoms with van der Waals surface area (Å²) in [5.74, 6) is -0.150. The number of ether oxygens (including phenoxy) is 4. The Morgan fingerprint density at radius 3 is 2.28 bits per heavy atom. The third-order valence-corrected chi connectivity index (χ3v) is 7.33. The number of amidine groups is 1. The monoisotopic (exact) mass is 602 g/mol. The highest BCUT2D eigenvalue weighted by Gasteiger charge is 2.34. The van der Waals surface area contributed by atoms with Gasteiger partial charge < -0.3 is 28.6 Å². The lowest BCUT2D eigenvalue weighted by Crippen LogP contribution is -2.39. The number of rotatable bonds is 10. The summed E-state index contributed by atoms with van der Waals surface area (Å²) in [7, 11) is 6.04. The zero-order valence-corrected chi connectivity index (χ0v) is 24.4. The van der Waals surface area contributed by atoms with Crippen LogP contribution in [0.4, 0.5) is 5.69 Å². The number of methoxy groups -OCH3 is 4. The maximum Gasteiger partial charge on any atom is 0.307 e. The summed E-state index contributed by atoms with van der Waals surface area (Å²) in [5, 5.41) is 16.5. The first kappa shape index (κ1) is 29.2. The summed E-state index contributed by atoms with van der Waals surface area (Å²) in [6, 6.07) is 18.8. The fraction of sp³-hybridized carbons (Fsp3) is 0.167. The van der Waals surface area contributed by atoms with Crippen molar-refractivity contribution in [3.8, 4) is 34.6 Å². The van der Waals surface area contributed by atoms with E-state index in [1.54, 1.807) is 66.7 Å². The van der Waals surface area contributed by atoms with Gasteiger partial charge in [0.1, 0.15) is 17.2 Å². The molecule has 4 aromatic rings. The largest absolute Gasteiger partial charge is 0.539 e. The van der Waals surface area contributed by atoms with Crippen LogP contribution in [0, 0.1) is 0 Å². The van der Waals surface area contributed by atoms with Crippen LogP contribution in [0.2, 0.25) is 0 Å². The highest BCUT2D eigenvalue weighted by Crippen LogP contribution is 2.37. The van der Waals surface area contributed by atoms with Gasteiger partial charge in [0.25, 0.3) is 5.91 Å². The molecule has 0 unspecified atom stereocenters. The number of thioether (sulfide) groups is 1. The lowest BCUT2D eigenvalue weighted by atomic mass is 10.1. The first-order valence-electron chi connectivity index (χ1n) is 12.8. The molecule has 0 radical (unpaired) electrons. The molecule has 5 rings (SSSR count). The Morgan fingerprint density at radius 1 is 0.953 bits per heavy atom. The predicted molar refractivity (Wildman–Crippen MR) is 156 cm³/mol. The van der Waals surface area contributed by atoms with Gasteiger partial charge >= 0.3 is 5.69 Å². The maximum atomic E-state index is 13.7. The molecule has 1 amide bonds. The number of aliphatic imine (C=N–C) groups is 1. The average molecular weight is 603 g/mol. The Hall–Kier alpha value is -5.30. The van der Waals surface area contributed by atoms with Crippen LogP contribution in [0.25, 0.3) is 11.8 Å². The fourth-order valence-electron chi connectivity index (χ4n) is 4.29. The highest BCUT2D eigenvalue weighted by atomic mass is 32.2. The van der Waals surface area contributed by atoms with Crippen molar-refractivity contribution in [3.63, 3.8) is 0 Å². The summed E-state index contributed by atoms with van der Waals surface area (Å²) >= 11 is 1.00. The van der Waals surface area contributed by atoms with E-state index < -0.39 is 17.6 Å². The number of anilines is 1. The molecule has 0 bridgehead atoms. The zero-order chi connectivity index (χ0) is 30.5. The van der Waals surface area contributed by atoms with Crippen molar-refractivity contribution >= 4 is 40.4 Å². The van der Waals surface area contributed by atoms with E-state index in [-0.39, 0.29) is 22.3 Å². The molecule has 0 aliphatic carbocycles. The Labute approximate surface area is 250 Å². The minimum absolute atomic E-state index is 0.104. The van der Waals surface area contributed by atoms with Crippen molar-refractivity contribution in [1.82, 2.24) is 5.27 Å². The van der Waals surface area contributed by atoms with Crippen molar-refractivity contribution in [2.24, 2.45) is 4.99 Å². The van der Waals surface area contributed by atoms with E-state index in [1.807, 2.05) is 6.07 Å². The number of hydrogen-bond donors (Lipinski definition) is 0. The van der Waals surface area contributed by atoms with Crippen LogP contribution in [0.5, 0.6) is 28.9 Å². The number of carbonyl (C=O) groups is 2. The third kappa shape index (κ3) is 5.88. The average Bonchev–Trinajstić information content (AvgIpc) is 3.58. The van der Waals surface area contributed by atoms with Crippen LogP contribution < -0.4 is 33.6 Å². The van der Waals surface area contributed by atoms with Gasteiger partial charge in [-0.3, -0.25) is 14.5 Å². The standard InChI is InChI=1S/C30H26N4O8S/c1-38-21-12-10-20(11-13-21)34-27(29(37)42-32-34)23(35)17-43-30-31-22(28(36)33(30)19-8-6-5-7-9-19)14-18-15-25(40-3)26(41-4)16-24(18)39-2/h5-16H,17H2,1-4H3/b22-14+. The summed E-state index contributed by atoms with van der Waals surface area (Å²) in [5.41, 5.74) is 1.36. The molecule has 0 N–H and O–H groups in total. The Morgan fingerprint density at radius 2 is 1.63 bits per heavy atom. The fourth-order valence-corrected chi connectivity index (χ4v) is 5.17. The van der Waals surface area contributed by atoms with Gasteiger partial charge in [-0.05, 0) is 41.1 Å². The minimum Gasteiger partial charge on any atom is -0.539 e. The molecule has 13 heteroatoms. The number of benzene rings is 3. The normalized spacial score (nSPS) is 13.7. The predicted octanol–water partition coefficient (Wildman–Crippen LogP) is 3.42. The number of hydrogen-bond acceptors (Lipinski definition) is 11. The van der Waals surface area contributed by atoms with Crippen LogP contribution in [0.15, 0.2) is 81.9 Å². The van der Waals surface area contributed by atoms with Crippen molar-refractivity contribution in [2.45, 2.75) is 0 Å². The molecule has 3 aromatic carbocycles. The van der Waals surface area contributed by atoms with Gasteiger partial charge in [0.2, 0.25) is 11.5 Å². The second-order valence-electron chi connectivity index (χ2n) is 8.88. The lowest BCUT2D eigenvalue weighted by molar-refractivity contribution is -0.672. The van der Waals surface area contributed by atoms with Crippen LogP contribution >= 0.6 is 11.8 Å². The van der Waals surface area contributed by atoms with Crippen LogP contribution in [0.3, 0.4) is 0 Å². The minimum atomic E-state index is -0.882. The molecule has 1 aliphatic heterocycles. The Balaban J connectivity index is 1.47. The molecule has 1 aromatic heterocycles. The quantitative estimate of drug-likeness (QED) is 0.151. The SMILES string of the molecule is COc1ccc(-[n+]2noc([O-])c2C(=O)CSC2=N/C(=C/c3cc(OC)c(OC)cc3OC)C(=O)N2c2ccccc2)cc1. The molecule has 0 saturated carbocycles. The van der Waals surface area contributed by atoms with E-state index in [1.165, 1.54) is 33.3 Å². The van der Waals surface area contributed by atoms with Gasteiger partial charge in [0.15, 0.2) is 22.6 Å². The van der Waals surface area contributed by atoms with Crippen molar-refractivity contribution in [2.75, 3.05) is 39.1 Å². The molecule has 43 heavy (non-hydrogen) atoms. The van der Waals surface area contributed by atoms with E-state index in [0.29, 0.717) is 39.9 Å². The van der Waals surface area contributed by atoms with Gasteiger partial charge in [-0.25, -0.2) is 4.99 Å². The number of ketones is 1. The topological polar surface area (TPSA) is 140 Å². The summed E-state index contributed by atoms with van der Waals surface area (Å²) < 4.78 is 27.4. The Kier molecular flexibility index (Phi) is 8.62. The first-order chi connectivity index (χ1) is 20.9. The molecule has 0 fully saturated rings. The van der Waals surface area contributed by atoms with E-state index in [9.17, 15) is 14.7 Å². The smallest absolute Gasteiger partial charge is 0.307 e. The molecule has 12 nitrogen and oxygen atoms in total. The molecule has 0 spiro atoms. The van der Waals surface area contributed by atoms with Crippen molar-refractivity contribution < 1.29 is 42.8 Å². The molecule has 0 saturated heterocycles. The van der Waals surface area contributed by atoms with E-state index in [2.05, 4.69) is 10.3 Å². The highest BCUT2D eigenvalue weighted by molar-refractivity contribution is 8.14. The second kappa shape index (κ2) is 12.7. The third-order valence-electron chi connectivity index (χ3n) is 6.40. The van der Waals surface area contributed by atoms with Gasteiger partial charge in [-0.2, -0.15) is 0 Å². The molecular weight excluding hydrogens is 576 g/mol. The lowest BCUT2D eigenvalue weighted by Gasteiger charge is -2.17. The van der Waals surface area contributed by atoms with E-state index in [4.69, 9.17) is 23.5 Å². The molecule has 2 heterocycles. The summed E-state index contributed by atoms with van der Waals surface area (Å²) in [4.78, 5) is 33.0. The van der Waals surface area contributed by atoms with E-state index >= 15 is 0 Å². The number of nitrogens with zero attached hydrogens (tertiary/aromatic N) is 4. The van der Waals surface area contributed by atoms with Crippen LogP contribution in [0.1, 0.15) is 16.1 Å². The van der Waals surface area contributed by atoms with Gasteiger partial charge in [-0.15, -0.1) is 0 Å². The van der Waals surface area contributed by atoms with Gasteiger partial charge in [-0.1, -0.05) is 30.0 Å². The molecular formula is C30H26N4O8S. The van der Waals surface area contributed by atoms with Crippen molar-refractivity contribution in [3.05, 3.63) is 83.7 Å². The van der Waals surface area contributed by atoms with Crippen LogP contribution in [-0.4, -0.2) is 56.3 Å². The van der Waals surface area contributed by atoms with Gasteiger partial charge in [0.05, 0.1) is 45.2 Å². The van der Waals surface area contributed by atoms with Crippen molar-refractivity contribution in [1.29, 1.82) is 0 Å². The number of amides is 1. The Bertz CT molecular complexity index is 1720.